The third kappa shape index (κ3) is 5.73. The molecule has 0 aliphatic heterocycles. The van der Waals surface area contributed by atoms with Crippen molar-refractivity contribution >= 4 is 6.09 Å². The Morgan fingerprint density at radius 3 is 2.38 bits per heavy atom. The third-order valence-electron chi connectivity index (χ3n) is 3.09. The van der Waals surface area contributed by atoms with Gasteiger partial charge >= 0.3 is 6.09 Å². The molecule has 1 aromatic carbocycles. The van der Waals surface area contributed by atoms with Crippen LogP contribution in [0.1, 0.15) is 43.6 Å². The second-order valence-electron chi connectivity index (χ2n) is 6.24. The third-order valence-corrected chi connectivity index (χ3v) is 3.09. The summed E-state index contributed by atoms with van der Waals surface area (Å²) in [4.78, 5) is 11.5. The molecule has 2 unspecified atom stereocenters. The van der Waals surface area contributed by atoms with Gasteiger partial charge < -0.3 is 20.3 Å². The number of alkyl carbamates (subject to hydrolysis) is 1. The second-order valence-corrected chi connectivity index (χ2v) is 6.24. The predicted molar refractivity (Wildman–Crippen MR) is 81.1 cm³/mol. The maximum atomic E-state index is 11.5. The highest BCUT2D eigenvalue weighted by Crippen LogP contribution is 2.19. The van der Waals surface area contributed by atoms with Crippen LogP contribution in [0.15, 0.2) is 18.2 Å². The molecule has 21 heavy (non-hydrogen) atoms. The van der Waals surface area contributed by atoms with Crippen LogP contribution in [0.3, 0.4) is 0 Å². The summed E-state index contributed by atoms with van der Waals surface area (Å²) < 4.78 is 5.07. The molecule has 0 saturated carbocycles. The Kier molecular flexibility index (Phi) is 5.75. The Morgan fingerprint density at radius 2 is 1.86 bits per heavy atom. The summed E-state index contributed by atoms with van der Waals surface area (Å²) in [6.45, 7) is 9.11. The minimum absolute atomic E-state index is 0.0804. The molecule has 5 nitrogen and oxygen atoms in total. The summed E-state index contributed by atoms with van der Waals surface area (Å²) in [6.07, 6.45) is -2.77. The molecule has 0 aliphatic carbocycles. The summed E-state index contributed by atoms with van der Waals surface area (Å²) in [6, 6.07) is 5.49. The lowest BCUT2D eigenvalue weighted by Crippen LogP contribution is -2.38. The zero-order valence-corrected chi connectivity index (χ0v) is 13.3. The van der Waals surface area contributed by atoms with Crippen LogP contribution < -0.4 is 5.32 Å². The highest BCUT2D eigenvalue weighted by atomic mass is 16.6. The molecule has 118 valence electrons. The molecule has 0 aliphatic rings. The van der Waals surface area contributed by atoms with Crippen LogP contribution in [0.5, 0.6) is 0 Å². The van der Waals surface area contributed by atoms with Gasteiger partial charge in [0, 0.05) is 6.54 Å². The monoisotopic (exact) mass is 295 g/mol. The zero-order valence-electron chi connectivity index (χ0n) is 13.3. The molecule has 0 fully saturated rings. The molecule has 0 saturated heterocycles. The molecule has 0 heterocycles. The first-order valence-electron chi connectivity index (χ1n) is 7.00. The van der Waals surface area contributed by atoms with Gasteiger partial charge in [-0.2, -0.15) is 0 Å². The fourth-order valence-corrected chi connectivity index (χ4v) is 1.78. The van der Waals surface area contributed by atoms with Gasteiger partial charge in [-0.15, -0.1) is 0 Å². The van der Waals surface area contributed by atoms with Gasteiger partial charge in [0.25, 0.3) is 0 Å². The molecule has 1 aromatic rings. The number of rotatable bonds is 4. The van der Waals surface area contributed by atoms with Crippen molar-refractivity contribution in [3.63, 3.8) is 0 Å². The number of benzene rings is 1. The van der Waals surface area contributed by atoms with Gasteiger partial charge in [-0.1, -0.05) is 18.2 Å². The van der Waals surface area contributed by atoms with Crippen molar-refractivity contribution in [2.45, 2.75) is 52.4 Å². The molecule has 1 amide bonds. The molecule has 0 spiro atoms. The van der Waals surface area contributed by atoms with Crippen molar-refractivity contribution in [1.82, 2.24) is 5.32 Å². The quantitative estimate of drug-likeness (QED) is 0.796. The van der Waals surface area contributed by atoms with E-state index in [0.29, 0.717) is 5.56 Å². The number of hydrogen-bond donors (Lipinski definition) is 3. The number of nitrogens with one attached hydrogen (secondary N) is 1. The first-order chi connectivity index (χ1) is 9.60. The average Bonchev–Trinajstić information content (AvgIpc) is 2.36. The summed E-state index contributed by atoms with van der Waals surface area (Å²) in [5.41, 5.74) is 2.18. The molecule has 3 N–H and O–H groups in total. The Morgan fingerprint density at radius 1 is 1.24 bits per heavy atom. The Labute approximate surface area is 125 Å². The van der Waals surface area contributed by atoms with Gasteiger partial charge in [-0.25, -0.2) is 4.79 Å². The van der Waals surface area contributed by atoms with Crippen LogP contribution in [0.25, 0.3) is 0 Å². The minimum Gasteiger partial charge on any atom is -0.444 e. The summed E-state index contributed by atoms with van der Waals surface area (Å²) in [5.74, 6) is 0. The lowest BCUT2D eigenvalue weighted by Gasteiger charge is -2.22. The number of carbonyl (C=O) groups is 1. The van der Waals surface area contributed by atoms with E-state index in [4.69, 9.17) is 4.74 Å². The highest BCUT2D eigenvalue weighted by Gasteiger charge is 2.21. The average molecular weight is 295 g/mol. The number of ether oxygens (including phenoxy) is 1. The summed E-state index contributed by atoms with van der Waals surface area (Å²) in [7, 11) is 0. The van der Waals surface area contributed by atoms with Crippen molar-refractivity contribution in [1.29, 1.82) is 0 Å². The molecule has 0 aromatic heterocycles. The summed E-state index contributed by atoms with van der Waals surface area (Å²) >= 11 is 0. The second kappa shape index (κ2) is 6.91. The molecule has 0 bridgehead atoms. The number of amides is 1. The molecule has 2 atom stereocenters. The SMILES string of the molecule is Cc1ccc(C(O)C(O)CNC(=O)OC(C)(C)C)cc1C. The number of aliphatic hydroxyl groups is 2. The van der Waals surface area contributed by atoms with Gasteiger partial charge in [0.05, 0.1) is 0 Å². The first-order valence-corrected chi connectivity index (χ1v) is 7.00. The lowest BCUT2D eigenvalue weighted by molar-refractivity contribution is 0.0129. The van der Waals surface area contributed by atoms with Crippen LogP contribution in [0.4, 0.5) is 4.79 Å². The van der Waals surface area contributed by atoms with Gasteiger partial charge in [-0.3, -0.25) is 0 Å². The van der Waals surface area contributed by atoms with Crippen molar-refractivity contribution in [2.24, 2.45) is 0 Å². The van der Waals surface area contributed by atoms with Crippen LogP contribution in [-0.2, 0) is 4.74 Å². The van der Waals surface area contributed by atoms with Crippen molar-refractivity contribution in [3.8, 4) is 0 Å². The zero-order chi connectivity index (χ0) is 16.2. The van der Waals surface area contributed by atoms with Gasteiger partial charge in [0.2, 0.25) is 0 Å². The molecular weight excluding hydrogens is 270 g/mol. The topological polar surface area (TPSA) is 78.8 Å². The minimum atomic E-state index is -1.10. The largest absolute Gasteiger partial charge is 0.444 e. The normalized spacial score (nSPS) is 14.4. The van der Waals surface area contributed by atoms with Crippen LogP contribution >= 0.6 is 0 Å². The predicted octanol–water partition coefficient (Wildman–Crippen LogP) is 2.22. The number of hydrogen-bond acceptors (Lipinski definition) is 4. The van der Waals surface area contributed by atoms with E-state index in [9.17, 15) is 15.0 Å². The number of carbonyl (C=O) groups excluding carboxylic acids is 1. The molecule has 5 heteroatoms. The van der Waals surface area contributed by atoms with Gasteiger partial charge in [0.15, 0.2) is 0 Å². The van der Waals surface area contributed by atoms with Crippen LogP contribution in [0.2, 0.25) is 0 Å². The molecule has 1 rings (SSSR count). The maximum absolute atomic E-state index is 11.5. The van der Waals surface area contributed by atoms with Crippen molar-refractivity contribution in [2.75, 3.05) is 6.54 Å². The smallest absolute Gasteiger partial charge is 0.407 e. The van der Waals surface area contributed by atoms with E-state index in [1.54, 1.807) is 26.8 Å². The van der Waals surface area contributed by atoms with E-state index in [2.05, 4.69) is 5.32 Å². The van der Waals surface area contributed by atoms with Gasteiger partial charge in [-0.05, 0) is 51.3 Å². The van der Waals surface area contributed by atoms with E-state index in [-0.39, 0.29) is 6.54 Å². The first kappa shape index (κ1) is 17.5. The number of aryl methyl sites for hydroxylation is 2. The Bertz CT molecular complexity index is 494. The van der Waals surface area contributed by atoms with Crippen molar-refractivity contribution < 1.29 is 19.7 Å². The highest BCUT2D eigenvalue weighted by molar-refractivity contribution is 5.67. The van der Waals surface area contributed by atoms with Crippen LogP contribution in [0, 0.1) is 13.8 Å². The van der Waals surface area contributed by atoms with Crippen molar-refractivity contribution in [3.05, 3.63) is 34.9 Å². The van der Waals surface area contributed by atoms with E-state index in [0.717, 1.165) is 11.1 Å². The Balaban J connectivity index is 2.56. The molecule has 0 radical (unpaired) electrons. The maximum Gasteiger partial charge on any atom is 0.407 e. The fraction of sp³-hybridized carbons (Fsp3) is 0.562. The fourth-order valence-electron chi connectivity index (χ4n) is 1.78. The molecular formula is C16H25NO4. The lowest BCUT2D eigenvalue weighted by atomic mass is 9.99. The number of aliphatic hydroxyl groups excluding tert-OH is 2. The van der Waals surface area contributed by atoms with Crippen LogP contribution in [-0.4, -0.2) is 34.6 Å². The van der Waals surface area contributed by atoms with E-state index < -0.39 is 23.9 Å². The van der Waals surface area contributed by atoms with Gasteiger partial charge in [0.1, 0.15) is 17.8 Å². The Hall–Kier alpha value is -1.59. The van der Waals surface area contributed by atoms with E-state index in [1.807, 2.05) is 26.0 Å². The summed E-state index contributed by atoms with van der Waals surface area (Å²) in [5, 5.41) is 22.5. The van der Waals surface area contributed by atoms with E-state index >= 15 is 0 Å². The standard InChI is InChI=1S/C16H25NO4/c1-10-6-7-12(8-11(10)2)14(19)13(18)9-17-15(20)21-16(3,4)5/h6-8,13-14,18-19H,9H2,1-5H3,(H,17,20). The van der Waals surface area contributed by atoms with E-state index in [1.165, 1.54) is 0 Å².